The maximum atomic E-state index is 13.3. The van der Waals surface area contributed by atoms with Crippen LogP contribution in [0.5, 0.6) is 0 Å². The number of fused-ring (bicyclic) bond motifs is 1. The minimum absolute atomic E-state index is 0.0561. The second kappa shape index (κ2) is 10.2. The highest BCUT2D eigenvalue weighted by Crippen LogP contribution is 2.26. The summed E-state index contributed by atoms with van der Waals surface area (Å²) < 4.78 is 28.6. The van der Waals surface area contributed by atoms with Gasteiger partial charge in [-0.15, -0.1) is 0 Å². The summed E-state index contributed by atoms with van der Waals surface area (Å²) in [6, 6.07) is 8.74. The van der Waals surface area contributed by atoms with Gasteiger partial charge in [0.1, 0.15) is 12.1 Å². The fourth-order valence-corrected chi connectivity index (χ4v) is 6.61. The van der Waals surface area contributed by atoms with Gasteiger partial charge in [0, 0.05) is 24.2 Å². The Morgan fingerprint density at radius 3 is 2.50 bits per heavy atom. The number of hydrogen-bond donors (Lipinski definition) is 1. The summed E-state index contributed by atoms with van der Waals surface area (Å²) in [5, 5.41) is 2.15. The Balaban J connectivity index is 1.45. The highest BCUT2D eigenvalue weighted by Gasteiger charge is 2.40. The summed E-state index contributed by atoms with van der Waals surface area (Å²) in [4.78, 5) is 29.9. The van der Waals surface area contributed by atoms with Gasteiger partial charge in [-0.1, -0.05) is 43.0 Å². The second-order valence-electron chi connectivity index (χ2n) is 9.24. The van der Waals surface area contributed by atoms with Crippen molar-refractivity contribution in [3.63, 3.8) is 0 Å². The van der Waals surface area contributed by atoms with E-state index in [-0.39, 0.29) is 22.8 Å². The number of carbonyl (C=O) groups is 2. The Morgan fingerprint density at radius 1 is 1.12 bits per heavy atom. The van der Waals surface area contributed by atoms with E-state index in [0.29, 0.717) is 24.5 Å². The SMILES string of the molecule is CCN(C(=O)[C@H](C)N1CC[C@H](NS(=O)(=O)c2ccc3cc(Cl)ccc3c2)C1=O)C1CCCCC1. The zero-order valence-corrected chi connectivity index (χ0v) is 21.2. The molecule has 0 radical (unpaired) electrons. The van der Waals surface area contributed by atoms with E-state index >= 15 is 0 Å². The van der Waals surface area contributed by atoms with Crippen molar-refractivity contribution in [3.8, 4) is 0 Å². The number of halogens is 1. The maximum absolute atomic E-state index is 13.3. The molecule has 7 nitrogen and oxygen atoms in total. The topological polar surface area (TPSA) is 86.8 Å². The van der Waals surface area contributed by atoms with E-state index in [0.717, 1.165) is 36.5 Å². The molecular weight excluding hydrogens is 474 g/mol. The molecule has 2 aliphatic rings. The lowest BCUT2D eigenvalue weighted by Crippen LogP contribution is -2.53. The fraction of sp³-hybridized carbons (Fsp3) is 0.520. The predicted octanol–water partition coefficient (Wildman–Crippen LogP) is 3.94. The molecule has 1 saturated heterocycles. The van der Waals surface area contributed by atoms with Gasteiger partial charge in [-0.25, -0.2) is 8.42 Å². The van der Waals surface area contributed by atoms with Gasteiger partial charge in [0.15, 0.2) is 0 Å². The van der Waals surface area contributed by atoms with Crippen LogP contribution in [0.4, 0.5) is 0 Å². The largest absolute Gasteiger partial charge is 0.338 e. The quantitative estimate of drug-likeness (QED) is 0.617. The maximum Gasteiger partial charge on any atom is 0.245 e. The first-order chi connectivity index (χ1) is 16.2. The standard InChI is InChI=1S/C25H32ClN3O4S/c1-3-28(21-7-5-4-6-8-21)24(30)17(2)29-14-13-23(25(29)31)27-34(32,33)22-12-10-18-15-20(26)11-9-19(18)16-22/h9-12,15-17,21,23,27H,3-8,13-14H2,1-2H3/t17-,23-/m0/s1. The summed E-state index contributed by atoms with van der Waals surface area (Å²) in [6.45, 7) is 4.67. The molecule has 9 heteroatoms. The van der Waals surface area contributed by atoms with E-state index in [1.54, 1.807) is 37.3 Å². The van der Waals surface area contributed by atoms with Crippen molar-refractivity contribution in [1.29, 1.82) is 0 Å². The van der Waals surface area contributed by atoms with Crippen LogP contribution in [0, 0.1) is 0 Å². The molecule has 2 amide bonds. The van der Waals surface area contributed by atoms with Gasteiger partial charge in [0.2, 0.25) is 21.8 Å². The Hall–Kier alpha value is -2.16. The van der Waals surface area contributed by atoms with Crippen LogP contribution in [0.2, 0.25) is 5.02 Å². The van der Waals surface area contributed by atoms with E-state index in [1.807, 2.05) is 11.8 Å². The van der Waals surface area contributed by atoms with Crippen molar-refractivity contribution < 1.29 is 18.0 Å². The fourth-order valence-electron chi connectivity index (χ4n) is 5.17. The van der Waals surface area contributed by atoms with Crippen molar-refractivity contribution in [2.75, 3.05) is 13.1 Å². The molecule has 2 aromatic rings. The number of hydrogen-bond acceptors (Lipinski definition) is 4. The molecule has 4 rings (SSSR count). The zero-order valence-electron chi connectivity index (χ0n) is 19.7. The van der Waals surface area contributed by atoms with Crippen LogP contribution in [0.3, 0.4) is 0 Å². The molecular formula is C25H32ClN3O4S. The molecule has 2 fully saturated rings. The molecule has 1 N–H and O–H groups in total. The van der Waals surface area contributed by atoms with Crippen molar-refractivity contribution in [2.45, 2.75) is 75.4 Å². The lowest BCUT2D eigenvalue weighted by molar-refractivity contribution is -0.145. The molecule has 1 aliphatic heterocycles. The van der Waals surface area contributed by atoms with Crippen LogP contribution < -0.4 is 4.72 Å². The Labute approximate surface area is 206 Å². The van der Waals surface area contributed by atoms with E-state index in [2.05, 4.69) is 4.72 Å². The Bertz CT molecular complexity index is 1180. The lowest BCUT2D eigenvalue weighted by atomic mass is 9.93. The van der Waals surface area contributed by atoms with Crippen molar-refractivity contribution in [2.24, 2.45) is 0 Å². The van der Waals surface area contributed by atoms with Crippen LogP contribution in [0.25, 0.3) is 10.8 Å². The molecule has 2 atom stereocenters. The van der Waals surface area contributed by atoms with Crippen LogP contribution in [-0.4, -0.2) is 61.2 Å². The number of nitrogens with one attached hydrogen (secondary N) is 1. The number of nitrogens with zero attached hydrogens (tertiary/aromatic N) is 2. The van der Waals surface area contributed by atoms with Crippen molar-refractivity contribution in [3.05, 3.63) is 41.4 Å². The smallest absolute Gasteiger partial charge is 0.245 e. The number of amides is 2. The lowest BCUT2D eigenvalue weighted by Gasteiger charge is -2.37. The van der Waals surface area contributed by atoms with E-state index in [1.165, 1.54) is 17.4 Å². The minimum Gasteiger partial charge on any atom is -0.338 e. The van der Waals surface area contributed by atoms with E-state index in [9.17, 15) is 18.0 Å². The summed E-state index contributed by atoms with van der Waals surface area (Å²) in [5.74, 6) is -0.406. The monoisotopic (exact) mass is 505 g/mol. The van der Waals surface area contributed by atoms with Crippen LogP contribution in [-0.2, 0) is 19.6 Å². The van der Waals surface area contributed by atoms with Gasteiger partial charge in [-0.05, 0) is 68.1 Å². The second-order valence-corrected chi connectivity index (χ2v) is 11.4. The molecule has 0 spiro atoms. The minimum atomic E-state index is -3.91. The number of benzene rings is 2. The number of rotatable bonds is 7. The van der Waals surface area contributed by atoms with Gasteiger partial charge >= 0.3 is 0 Å². The number of sulfonamides is 1. The average molecular weight is 506 g/mol. The average Bonchev–Trinajstić information content (AvgIpc) is 3.18. The summed E-state index contributed by atoms with van der Waals surface area (Å²) in [7, 11) is -3.91. The van der Waals surface area contributed by atoms with Gasteiger partial charge in [-0.2, -0.15) is 4.72 Å². The third kappa shape index (κ3) is 5.09. The zero-order chi connectivity index (χ0) is 24.5. The van der Waals surface area contributed by atoms with Gasteiger partial charge < -0.3 is 9.80 Å². The predicted molar refractivity (Wildman–Crippen MR) is 133 cm³/mol. The molecule has 34 heavy (non-hydrogen) atoms. The summed E-state index contributed by atoms with van der Waals surface area (Å²) in [5.41, 5.74) is 0. The summed E-state index contributed by atoms with van der Waals surface area (Å²) >= 11 is 6.01. The van der Waals surface area contributed by atoms with Gasteiger partial charge in [-0.3, -0.25) is 9.59 Å². The van der Waals surface area contributed by atoms with Crippen LogP contribution >= 0.6 is 11.6 Å². The van der Waals surface area contributed by atoms with Crippen LogP contribution in [0.15, 0.2) is 41.3 Å². The number of likely N-dealkylation sites (tertiary alicyclic amines) is 1. The first kappa shape index (κ1) is 24.9. The Kier molecular flexibility index (Phi) is 7.50. The van der Waals surface area contributed by atoms with Gasteiger partial charge in [0.05, 0.1) is 4.90 Å². The van der Waals surface area contributed by atoms with E-state index in [4.69, 9.17) is 11.6 Å². The van der Waals surface area contributed by atoms with E-state index < -0.39 is 22.1 Å². The highest BCUT2D eigenvalue weighted by molar-refractivity contribution is 7.89. The number of likely N-dealkylation sites (N-methyl/N-ethyl adjacent to an activating group) is 1. The molecule has 1 aliphatic carbocycles. The van der Waals surface area contributed by atoms with Gasteiger partial charge in [0.25, 0.3) is 0 Å². The summed E-state index contributed by atoms with van der Waals surface area (Å²) in [6.07, 6.45) is 5.78. The molecule has 2 aromatic carbocycles. The molecule has 184 valence electrons. The molecule has 0 bridgehead atoms. The van der Waals surface area contributed by atoms with Crippen LogP contribution in [0.1, 0.15) is 52.4 Å². The molecule has 0 unspecified atom stereocenters. The highest BCUT2D eigenvalue weighted by atomic mass is 35.5. The first-order valence-electron chi connectivity index (χ1n) is 12.0. The van der Waals surface area contributed by atoms with Crippen molar-refractivity contribution >= 4 is 44.2 Å². The van der Waals surface area contributed by atoms with Crippen molar-refractivity contribution in [1.82, 2.24) is 14.5 Å². The molecule has 0 aromatic heterocycles. The third-order valence-corrected chi connectivity index (χ3v) is 8.79. The molecule has 1 saturated carbocycles. The third-order valence-electron chi connectivity index (χ3n) is 7.09. The normalized spacial score (nSPS) is 20.6. The number of carbonyl (C=O) groups excluding carboxylic acids is 2. The first-order valence-corrected chi connectivity index (χ1v) is 13.9. The molecule has 1 heterocycles. The Morgan fingerprint density at radius 2 is 1.79 bits per heavy atom.